The molecule has 1 atom stereocenters. The molecule has 0 aliphatic rings. The van der Waals surface area contributed by atoms with Crippen molar-refractivity contribution < 1.29 is 26.7 Å². The minimum absolute atomic E-state index is 0.0476. The van der Waals surface area contributed by atoms with Crippen molar-refractivity contribution >= 4 is 11.1 Å². The van der Waals surface area contributed by atoms with Crippen molar-refractivity contribution in [1.29, 1.82) is 0 Å². The number of hydrogen-bond acceptors (Lipinski definition) is 5. The van der Waals surface area contributed by atoms with Crippen molar-refractivity contribution in [2.24, 2.45) is 0 Å². The van der Waals surface area contributed by atoms with Gasteiger partial charge in [0.15, 0.2) is 0 Å². The molecule has 0 saturated carbocycles. The summed E-state index contributed by atoms with van der Waals surface area (Å²) in [5.41, 5.74) is -0.772. The van der Waals surface area contributed by atoms with E-state index < -0.39 is 27.7 Å². The van der Waals surface area contributed by atoms with Gasteiger partial charge < -0.3 is 9.29 Å². The van der Waals surface area contributed by atoms with Gasteiger partial charge in [-0.2, -0.15) is 13.2 Å². The molecule has 0 aliphatic heterocycles. The molecule has 2 aromatic rings. The van der Waals surface area contributed by atoms with Crippen LogP contribution in [0.25, 0.3) is 5.69 Å². The normalized spacial score (nSPS) is 13.4. The molecule has 0 spiro atoms. The third-order valence-electron chi connectivity index (χ3n) is 2.55. The summed E-state index contributed by atoms with van der Waals surface area (Å²) in [7, 11) is 1.44. The summed E-state index contributed by atoms with van der Waals surface area (Å²) in [6, 6.07) is 2.79. The number of halogens is 3. The number of hydrogen-bond donors (Lipinski definition) is 0. The van der Waals surface area contributed by atoms with Crippen molar-refractivity contribution in [3.05, 3.63) is 35.7 Å². The first kappa shape index (κ1) is 15.6. The predicted molar refractivity (Wildman–Crippen MR) is 64.3 cm³/mol. The average molecular weight is 320 g/mol. The fourth-order valence-electron chi connectivity index (χ4n) is 1.67. The maximum absolute atomic E-state index is 12.9. The highest BCUT2D eigenvalue weighted by Crippen LogP contribution is 2.34. The second-order valence-corrected chi connectivity index (χ2v) is 4.91. The van der Waals surface area contributed by atoms with Gasteiger partial charge in [0.2, 0.25) is 0 Å². The Bertz CT molecular complexity index is 672. The zero-order chi connectivity index (χ0) is 15.6. The van der Waals surface area contributed by atoms with Crippen molar-refractivity contribution in [1.82, 2.24) is 15.0 Å². The molecule has 0 bridgehead atoms. The van der Waals surface area contributed by atoms with Crippen LogP contribution in [-0.4, -0.2) is 30.9 Å². The second-order valence-electron chi connectivity index (χ2n) is 4.00. The van der Waals surface area contributed by atoms with E-state index in [4.69, 9.17) is 4.74 Å². The van der Waals surface area contributed by atoms with Crippen LogP contribution in [0.5, 0.6) is 0 Å². The molecule has 6 nitrogen and oxygen atoms in total. The van der Waals surface area contributed by atoms with E-state index >= 15 is 0 Å². The summed E-state index contributed by atoms with van der Waals surface area (Å²) in [4.78, 5) is -0.816. The quantitative estimate of drug-likeness (QED) is 0.801. The minimum Gasteiger partial charge on any atom is -0.768 e. The lowest BCUT2D eigenvalue weighted by molar-refractivity contribution is -0.139. The molecule has 1 heterocycles. The zero-order valence-corrected chi connectivity index (χ0v) is 11.4. The van der Waals surface area contributed by atoms with Gasteiger partial charge in [-0.25, -0.2) is 4.68 Å². The Kier molecular flexibility index (Phi) is 4.40. The molecule has 21 heavy (non-hydrogen) atoms. The number of alkyl halides is 3. The van der Waals surface area contributed by atoms with Crippen LogP contribution in [0, 0.1) is 0 Å². The molecule has 0 N–H and O–H groups in total. The summed E-state index contributed by atoms with van der Waals surface area (Å²) < 4.78 is 66.3. The molecular weight excluding hydrogens is 311 g/mol. The van der Waals surface area contributed by atoms with Crippen molar-refractivity contribution in [3.63, 3.8) is 0 Å². The number of ether oxygens (including phenoxy) is 1. The number of rotatable bonds is 4. The lowest BCUT2D eigenvalue weighted by Gasteiger charge is -2.15. The Morgan fingerprint density at radius 2 is 2.14 bits per heavy atom. The molecule has 0 saturated heterocycles. The Morgan fingerprint density at radius 3 is 2.71 bits per heavy atom. The fourth-order valence-corrected chi connectivity index (χ4v) is 2.20. The molecule has 0 aliphatic carbocycles. The number of benzene rings is 1. The predicted octanol–water partition coefficient (Wildman–Crippen LogP) is 1.67. The summed E-state index contributed by atoms with van der Waals surface area (Å²) in [5.74, 6) is 0. The molecule has 0 fully saturated rings. The Labute approximate surface area is 119 Å². The molecule has 2 rings (SSSR count). The maximum atomic E-state index is 12.9. The van der Waals surface area contributed by atoms with Gasteiger partial charge in [0, 0.05) is 12.0 Å². The third-order valence-corrected chi connectivity index (χ3v) is 3.26. The molecule has 114 valence electrons. The van der Waals surface area contributed by atoms with Crippen molar-refractivity contribution in [3.8, 4) is 5.69 Å². The Morgan fingerprint density at radius 1 is 1.43 bits per heavy atom. The molecule has 1 aromatic heterocycles. The standard InChI is InChI=1S/C11H10F3N3O3S/c1-20-6-7-5-17(16-15-7)8-2-3-10(21(18)19)9(4-8)11(12,13)14/h2-5H,6H2,1H3,(H,18,19)/p-1. The molecule has 1 aromatic carbocycles. The highest BCUT2D eigenvalue weighted by molar-refractivity contribution is 7.79. The third kappa shape index (κ3) is 3.46. The van der Waals surface area contributed by atoms with E-state index in [9.17, 15) is 21.9 Å². The van der Waals surface area contributed by atoms with E-state index in [0.717, 1.165) is 10.7 Å². The second kappa shape index (κ2) is 5.92. The molecule has 0 amide bonds. The Hall–Kier alpha value is -1.78. The van der Waals surface area contributed by atoms with Gasteiger partial charge in [0.1, 0.15) is 5.69 Å². The number of methoxy groups -OCH3 is 1. The van der Waals surface area contributed by atoms with Crippen LogP contribution < -0.4 is 0 Å². The monoisotopic (exact) mass is 320 g/mol. The lowest BCUT2D eigenvalue weighted by Crippen LogP contribution is -2.11. The van der Waals surface area contributed by atoms with Gasteiger partial charge in [0.05, 0.1) is 24.1 Å². The molecular formula is C11H9F3N3O3S-. The molecule has 10 heteroatoms. The van der Waals surface area contributed by atoms with E-state index in [2.05, 4.69) is 10.3 Å². The zero-order valence-electron chi connectivity index (χ0n) is 10.6. The Balaban J connectivity index is 2.48. The minimum atomic E-state index is -4.79. The summed E-state index contributed by atoms with van der Waals surface area (Å²) >= 11 is -2.98. The van der Waals surface area contributed by atoms with Crippen molar-refractivity contribution in [2.75, 3.05) is 7.11 Å². The van der Waals surface area contributed by atoms with Gasteiger partial charge in [-0.1, -0.05) is 5.21 Å². The average Bonchev–Trinajstić information content (AvgIpc) is 2.86. The largest absolute Gasteiger partial charge is 0.768 e. The summed E-state index contributed by atoms with van der Waals surface area (Å²) in [6.07, 6.45) is -3.39. The van der Waals surface area contributed by atoms with Gasteiger partial charge in [-0.05, 0) is 29.3 Å². The lowest BCUT2D eigenvalue weighted by atomic mass is 10.2. The van der Waals surface area contributed by atoms with Gasteiger partial charge in [-0.15, -0.1) is 5.10 Å². The first-order chi connectivity index (χ1) is 9.82. The van der Waals surface area contributed by atoms with Crippen LogP contribution in [0.1, 0.15) is 11.3 Å². The maximum Gasteiger partial charge on any atom is 0.417 e. The van der Waals surface area contributed by atoms with Gasteiger partial charge in [-0.3, -0.25) is 4.21 Å². The number of aromatic nitrogens is 3. The van der Waals surface area contributed by atoms with Gasteiger partial charge in [0.25, 0.3) is 0 Å². The highest BCUT2D eigenvalue weighted by atomic mass is 32.2. The van der Waals surface area contributed by atoms with E-state index in [1.165, 1.54) is 19.4 Å². The van der Waals surface area contributed by atoms with Crippen molar-refractivity contribution in [2.45, 2.75) is 17.7 Å². The highest BCUT2D eigenvalue weighted by Gasteiger charge is 2.34. The van der Waals surface area contributed by atoms with Crippen LogP contribution >= 0.6 is 0 Å². The first-order valence-corrected chi connectivity index (χ1v) is 6.61. The van der Waals surface area contributed by atoms with Crippen LogP contribution in [0.3, 0.4) is 0 Å². The van der Waals surface area contributed by atoms with E-state index in [1.807, 2.05) is 0 Å². The van der Waals surface area contributed by atoms with Crippen LogP contribution in [0.4, 0.5) is 13.2 Å². The van der Waals surface area contributed by atoms with Crippen LogP contribution in [-0.2, 0) is 28.6 Å². The van der Waals surface area contributed by atoms with Gasteiger partial charge >= 0.3 is 6.18 Å². The van der Waals surface area contributed by atoms with E-state index in [1.54, 1.807) is 0 Å². The van der Waals surface area contributed by atoms with E-state index in [-0.39, 0.29) is 12.3 Å². The van der Waals surface area contributed by atoms with Crippen LogP contribution in [0.2, 0.25) is 0 Å². The molecule has 1 unspecified atom stereocenters. The van der Waals surface area contributed by atoms with E-state index in [0.29, 0.717) is 11.8 Å². The fraction of sp³-hybridized carbons (Fsp3) is 0.273. The first-order valence-electron chi connectivity index (χ1n) is 5.54. The smallest absolute Gasteiger partial charge is 0.417 e. The summed E-state index contributed by atoms with van der Waals surface area (Å²) in [5, 5.41) is 7.38. The summed E-state index contributed by atoms with van der Waals surface area (Å²) in [6.45, 7) is 0.161. The van der Waals surface area contributed by atoms with Crippen LogP contribution in [0.15, 0.2) is 29.3 Å². The topological polar surface area (TPSA) is 80.1 Å². The molecule has 0 radical (unpaired) electrons. The number of nitrogens with zero attached hydrogens (tertiary/aromatic N) is 3. The SMILES string of the molecule is COCc1cn(-c2ccc(S(=O)[O-])c(C(F)(F)F)c2)nn1.